The van der Waals surface area contributed by atoms with Crippen molar-refractivity contribution in [1.29, 1.82) is 0 Å². The Labute approximate surface area is 212 Å². The molecule has 10 heteroatoms. The number of urea groups is 1. The summed E-state index contributed by atoms with van der Waals surface area (Å²) in [6, 6.07) is 9.13. The molecule has 1 unspecified atom stereocenters. The lowest BCUT2D eigenvalue weighted by atomic mass is 9.97. The zero-order valence-corrected chi connectivity index (χ0v) is 21.7. The number of benzene rings is 1. The molecule has 2 atom stereocenters. The van der Waals surface area contributed by atoms with Crippen molar-refractivity contribution in [3.63, 3.8) is 0 Å². The first-order valence-electron chi connectivity index (χ1n) is 12.4. The predicted octanol–water partition coefficient (Wildman–Crippen LogP) is 3.00. The maximum atomic E-state index is 13.4. The van der Waals surface area contributed by atoms with E-state index in [4.69, 9.17) is 4.42 Å². The highest BCUT2D eigenvalue weighted by atomic mass is 16.3. The number of furan rings is 1. The molecule has 2 fully saturated rings. The molecule has 2 saturated heterocycles. The van der Waals surface area contributed by atoms with E-state index in [0.717, 1.165) is 5.56 Å². The Bertz CT molecular complexity index is 1020. The summed E-state index contributed by atoms with van der Waals surface area (Å²) in [5, 5.41) is 15.5. The van der Waals surface area contributed by atoms with E-state index in [1.165, 1.54) is 5.01 Å². The van der Waals surface area contributed by atoms with E-state index in [2.05, 4.69) is 5.32 Å². The third-order valence-electron chi connectivity index (χ3n) is 6.15. The van der Waals surface area contributed by atoms with Crippen LogP contribution in [0.1, 0.15) is 45.4 Å². The van der Waals surface area contributed by atoms with Gasteiger partial charge in [-0.25, -0.2) is 14.8 Å². The van der Waals surface area contributed by atoms with Gasteiger partial charge in [-0.2, -0.15) is 0 Å². The lowest BCUT2D eigenvalue weighted by molar-refractivity contribution is -0.188. The maximum Gasteiger partial charge on any atom is 0.334 e. The Kier molecular flexibility index (Phi) is 8.98. The summed E-state index contributed by atoms with van der Waals surface area (Å²) < 4.78 is 5.45. The molecule has 4 rings (SSSR count). The van der Waals surface area contributed by atoms with E-state index in [9.17, 15) is 19.5 Å². The number of aromatic hydroxyl groups is 1. The molecule has 0 radical (unpaired) electrons. The Morgan fingerprint density at radius 1 is 1.17 bits per heavy atom. The number of nitrogens with zero attached hydrogens (tertiary/aromatic N) is 4. The highest BCUT2D eigenvalue weighted by molar-refractivity contribution is 5.91. The molecule has 1 aromatic heterocycles. The molecule has 36 heavy (non-hydrogen) atoms. The van der Waals surface area contributed by atoms with Crippen molar-refractivity contribution in [2.75, 3.05) is 20.1 Å². The van der Waals surface area contributed by atoms with Crippen LogP contribution in [-0.4, -0.2) is 75.1 Å². The van der Waals surface area contributed by atoms with Crippen LogP contribution in [0.15, 0.2) is 47.1 Å². The molecule has 196 valence electrons. The van der Waals surface area contributed by atoms with Gasteiger partial charge in [0.2, 0.25) is 11.8 Å². The van der Waals surface area contributed by atoms with Gasteiger partial charge < -0.3 is 24.6 Å². The Morgan fingerprint density at radius 2 is 1.86 bits per heavy atom. The van der Waals surface area contributed by atoms with Crippen LogP contribution in [0.2, 0.25) is 0 Å². The molecule has 0 aliphatic carbocycles. The molecule has 1 aromatic carbocycles. The number of carbonyl (C=O) groups is 3. The van der Waals surface area contributed by atoms with Crippen LogP contribution >= 0.6 is 0 Å². The zero-order valence-electron chi connectivity index (χ0n) is 21.7. The molecule has 2 N–H and O–H groups in total. The average Bonchev–Trinajstić information content (AvgIpc) is 3.35. The number of hydrogen-bond acceptors (Lipinski definition) is 6. The largest absolute Gasteiger partial charge is 0.508 e. The van der Waals surface area contributed by atoms with E-state index in [-0.39, 0.29) is 55.7 Å². The van der Waals surface area contributed by atoms with E-state index >= 15 is 0 Å². The fourth-order valence-corrected chi connectivity index (χ4v) is 4.59. The average molecular weight is 500 g/mol. The number of phenolic OH excluding ortho intramolecular Hbond substituents is 1. The summed E-state index contributed by atoms with van der Waals surface area (Å²) in [7, 11) is 1.69. The molecule has 4 amide bonds. The van der Waals surface area contributed by atoms with Crippen LogP contribution in [0.3, 0.4) is 0 Å². The molecule has 2 aliphatic rings. The summed E-state index contributed by atoms with van der Waals surface area (Å²) >= 11 is 0. The highest BCUT2D eigenvalue weighted by Crippen LogP contribution is 2.29. The van der Waals surface area contributed by atoms with Gasteiger partial charge in [-0.15, -0.1) is 0 Å². The van der Waals surface area contributed by atoms with Crippen LogP contribution in [-0.2, 0) is 22.7 Å². The number of carbonyl (C=O) groups excluding carboxylic acids is 3. The van der Waals surface area contributed by atoms with Gasteiger partial charge in [0, 0.05) is 13.6 Å². The van der Waals surface area contributed by atoms with Crippen LogP contribution in [0, 0.1) is 5.92 Å². The smallest absolute Gasteiger partial charge is 0.334 e. The summed E-state index contributed by atoms with van der Waals surface area (Å²) in [5.41, 5.74) is 0.828. The number of nitrogens with one attached hydrogen (secondary N) is 1. The number of hydrazine groups is 1. The summed E-state index contributed by atoms with van der Waals surface area (Å²) in [5.74, 6) is 0.668. The first-order valence-corrected chi connectivity index (χ1v) is 12.4. The van der Waals surface area contributed by atoms with E-state index in [1.54, 1.807) is 64.5 Å². The summed E-state index contributed by atoms with van der Waals surface area (Å²) in [6.07, 6.45) is 1.42. The van der Waals surface area contributed by atoms with E-state index < -0.39 is 12.2 Å². The molecule has 0 spiro atoms. The Morgan fingerprint density at radius 3 is 2.47 bits per heavy atom. The third kappa shape index (κ3) is 5.99. The van der Waals surface area contributed by atoms with Crippen LogP contribution in [0.4, 0.5) is 4.79 Å². The SMILES string of the molecule is CC.CC(C)C[C@H]1C(=O)N(Cc2ccco2)CC2N1C(=O)CN(C)N2C(=O)NCc1ccc(O)cc1. The van der Waals surface area contributed by atoms with Crippen LogP contribution in [0.5, 0.6) is 5.75 Å². The van der Waals surface area contributed by atoms with Gasteiger partial charge in [0.05, 0.1) is 25.9 Å². The van der Waals surface area contributed by atoms with Crippen molar-refractivity contribution in [3.8, 4) is 5.75 Å². The van der Waals surface area contributed by atoms with E-state index in [1.807, 2.05) is 27.7 Å². The predicted molar refractivity (Wildman–Crippen MR) is 134 cm³/mol. The van der Waals surface area contributed by atoms with Crippen molar-refractivity contribution < 1.29 is 23.9 Å². The first kappa shape index (κ1) is 27.1. The monoisotopic (exact) mass is 499 g/mol. The minimum Gasteiger partial charge on any atom is -0.508 e. The second-order valence-electron chi connectivity index (χ2n) is 9.21. The molecule has 3 heterocycles. The summed E-state index contributed by atoms with van der Waals surface area (Å²) in [6.45, 7) is 8.73. The number of amides is 4. The van der Waals surface area contributed by atoms with Gasteiger partial charge in [0.1, 0.15) is 23.7 Å². The quantitative estimate of drug-likeness (QED) is 0.632. The second-order valence-corrected chi connectivity index (χ2v) is 9.21. The number of likely N-dealkylation sites (N-methyl/N-ethyl adjacent to an activating group) is 1. The maximum absolute atomic E-state index is 13.4. The lowest BCUT2D eigenvalue weighted by Crippen LogP contribution is -2.75. The lowest BCUT2D eigenvalue weighted by Gasteiger charge is -2.54. The number of rotatable bonds is 6. The van der Waals surface area contributed by atoms with Crippen molar-refractivity contribution in [3.05, 3.63) is 54.0 Å². The fourth-order valence-electron chi connectivity index (χ4n) is 4.59. The van der Waals surface area contributed by atoms with Crippen LogP contribution in [0.25, 0.3) is 0 Å². The minimum absolute atomic E-state index is 0.00316. The van der Waals surface area contributed by atoms with Gasteiger partial charge in [0.15, 0.2) is 0 Å². The van der Waals surface area contributed by atoms with Crippen LogP contribution < -0.4 is 5.32 Å². The molecule has 0 saturated carbocycles. The molecule has 0 bridgehead atoms. The van der Waals surface area contributed by atoms with Crippen molar-refractivity contribution >= 4 is 17.8 Å². The van der Waals surface area contributed by atoms with Gasteiger partial charge >= 0.3 is 6.03 Å². The minimum atomic E-state index is -0.651. The number of phenols is 1. The van der Waals surface area contributed by atoms with Gasteiger partial charge in [-0.1, -0.05) is 39.8 Å². The number of hydrogen-bond donors (Lipinski definition) is 2. The Balaban J connectivity index is 0.00000176. The topological polar surface area (TPSA) is 110 Å². The molecule has 10 nitrogen and oxygen atoms in total. The summed E-state index contributed by atoms with van der Waals surface area (Å²) in [4.78, 5) is 43.1. The van der Waals surface area contributed by atoms with Crippen molar-refractivity contribution in [2.24, 2.45) is 5.92 Å². The fraction of sp³-hybridized carbons (Fsp3) is 0.500. The van der Waals surface area contributed by atoms with Crippen molar-refractivity contribution in [2.45, 2.75) is 59.4 Å². The van der Waals surface area contributed by atoms with E-state index in [0.29, 0.717) is 12.2 Å². The van der Waals surface area contributed by atoms with Crippen molar-refractivity contribution in [1.82, 2.24) is 25.1 Å². The van der Waals surface area contributed by atoms with Gasteiger partial charge in [0.25, 0.3) is 0 Å². The third-order valence-corrected chi connectivity index (χ3v) is 6.15. The number of fused-ring (bicyclic) bond motifs is 1. The first-order chi connectivity index (χ1) is 17.2. The highest BCUT2D eigenvalue weighted by Gasteiger charge is 2.50. The molecular weight excluding hydrogens is 462 g/mol. The molecule has 2 aliphatic heterocycles. The molecule has 2 aromatic rings. The normalized spacial score (nSPS) is 20.2. The number of piperazine rings is 1. The van der Waals surface area contributed by atoms with Gasteiger partial charge in [-0.3, -0.25) is 9.59 Å². The zero-order chi connectivity index (χ0) is 26.4. The molecular formula is C26H37N5O5. The second kappa shape index (κ2) is 11.9. The van der Waals surface area contributed by atoms with Gasteiger partial charge in [-0.05, 0) is 42.2 Å². The Hall–Kier alpha value is -3.53. The standard InChI is InChI=1S/C24H31N5O5.C2H6/c1-16(2)11-20-23(32)27(13-19-5-4-10-34-19)14-21-28(20)22(31)15-26(3)29(21)24(33)25-12-17-6-8-18(30)9-7-17;1-2/h4-10,16,20-21,30H,11-15H2,1-3H3,(H,25,33);1-2H3/t20-,21?;/m0./s1.